The molecule has 8 heteroatoms. The van der Waals surface area contributed by atoms with Crippen molar-refractivity contribution in [1.29, 1.82) is 0 Å². The van der Waals surface area contributed by atoms with Gasteiger partial charge in [-0.3, -0.25) is 4.79 Å². The molecule has 0 fully saturated rings. The maximum absolute atomic E-state index is 11.9. The van der Waals surface area contributed by atoms with Crippen LogP contribution < -0.4 is 4.72 Å². The van der Waals surface area contributed by atoms with Gasteiger partial charge in [-0.2, -0.15) is 0 Å². The zero-order valence-corrected chi connectivity index (χ0v) is 14.0. The van der Waals surface area contributed by atoms with E-state index in [1.165, 1.54) is 11.3 Å². The fraction of sp³-hybridized carbons (Fsp3) is 0.545. The van der Waals surface area contributed by atoms with Crippen LogP contribution in [0.2, 0.25) is 0 Å². The first-order valence-corrected chi connectivity index (χ1v) is 8.87. The molecule has 5 nitrogen and oxygen atoms in total. The molecular formula is C11H16BrNO4S2. The van der Waals surface area contributed by atoms with E-state index in [1.807, 2.05) is 6.92 Å². The van der Waals surface area contributed by atoms with Gasteiger partial charge in [-0.25, -0.2) is 13.1 Å². The van der Waals surface area contributed by atoms with Gasteiger partial charge >= 0.3 is 5.97 Å². The minimum atomic E-state index is -3.49. The fourth-order valence-corrected chi connectivity index (χ4v) is 4.65. The van der Waals surface area contributed by atoms with Gasteiger partial charge in [-0.15, -0.1) is 11.3 Å². The van der Waals surface area contributed by atoms with Crippen molar-refractivity contribution in [3.05, 3.63) is 15.4 Å². The Hall–Kier alpha value is -0.440. The maximum atomic E-state index is 11.9. The van der Waals surface area contributed by atoms with Crippen molar-refractivity contribution in [2.24, 2.45) is 0 Å². The first kappa shape index (κ1) is 16.6. The van der Waals surface area contributed by atoms with Crippen molar-refractivity contribution in [2.45, 2.75) is 30.9 Å². The predicted molar refractivity (Wildman–Crippen MR) is 77.8 cm³/mol. The Morgan fingerprint density at radius 2 is 2.21 bits per heavy atom. The van der Waals surface area contributed by atoms with Crippen LogP contribution in [0.4, 0.5) is 0 Å². The highest BCUT2D eigenvalue weighted by Crippen LogP contribution is 2.30. The van der Waals surface area contributed by atoms with Gasteiger partial charge in [0, 0.05) is 13.0 Å². The molecule has 0 aliphatic rings. The second-order valence-electron chi connectivity index (χ2n) is 3.83. The molecule has 0 saturated heterocycles. The van der Waals surface area contributed by atoms with E-state index in [-0.39, 0.29) is 23.1 Å². The van der Waals surface area contributed by atoms with Crippen LogP contribution in [-0.2, 0) is 19.6 Å². The Morgan fingerprint density at radius 3 is 2.74 bits per heavy atom. The van der Waals surface area contributed by atoms with Crippen LogP contribution in [0.3, 0.4) is 0 Å². The number of thiophene rings is 1. The lowest BCUT2D eigenvalue weighted by Gasteiger charge is -2.04. The lowest BCUT2D eigenvalue weighted by Crippen LogP contribution is -2.24. The molecule has 0 atom stereocenters. The van der Waals surface area contributed by atoms with Crippen molar-refractivity contribution in [3.63, 3.8) is 0 Å². The minimum absolute atomic E-state index is 0.212. The molecule has 1 N–H and O–H groups in total. The third kappa shape index (κ3) is 5.21. The zero-order chi connectivity index (χ0) is 14.5. The Labute approximate surface area is 125 Å². The van der Waals surface area contributed by atoms with Crippen LogP contribution in [0, 0.1) is 6.92 Å². The Morgan fingerprint density at radius 1 is 1.53 bits per heavy atom. The summed E-state index contributed by atoms with van der Waals surface area (Å²) in [6.07, 6.45) is 0.632. The summed E-state index contributed by atoms with van der Waals surface area (Å²) in [6.45, 7) is 4.13. The van der Waals surface area contributed by atoms with E-state index >= 15 is 0 Å². The predicted octanol–water partition coefficient (Wildman–Crippen LogP) is 2.44. The monoisotopic (exact) mass is 369 g/mol. The number of hydrogen-bond donors (Lipinski definition) is 1. The van der Waals surface area contributed by atoms with Gasteiger partial charge in [0.1, 0.15) is 4.21 Å². The molecule has 0 radical (unpaired) electrons. The molecule has 0 aromatic carbocycles. The van der Waals surface area contributed by atoms with Crippen molar-refractivity contribution in [2.75, 3.05) is 13.2 Å². The van der Waals surface area contributed by atoms with Crippen LogP contribution in [0.1, 0.15) is 25.3 Å². The van der Waals surface area contributed by atoms with Crippen LogP contribution in [-0.4, -0.2) is 27.5 Å². The number of halogens is 1. The van der Waals surface area contributed by atoms with E-state index in [1.54, 1.807) is 13.0 Å². The van der Waals surface area contributed by atoms with Crippen molar-refractivity contribution in [3.8, 4) is 0 Å². The van der Waals surface area contributed by atoms with Crippen molar-refractivity contribution >= 4 is 43.3 Å². The molecule has 0 bridgehead atoms. The van der Waals surface area contributed by atoms with Gasteiger partial charge in [0.05, 0.1) is 10.4 Å². The van der Waals surface area contributed by atoms with E-state index in [4.69, 9.17) is 4.74 Å². The number of rotatable bonds is 7. The van der Waals surface area contributed by atoms with E-state index < -0.39 is 10.0 Å². The van der Waals surface area contributed by atoms with E-state index in [0.717, 1.165) is 9.35 Å². The summed E-state index contributed by atoms with van der Waals surface area (Å²) in [7, 11) is -3.49. The quantitative estimate of drug-likeness (QED) is 0.591. The largest absolute Gasteiger partial charge is 0.466 e. The first-order valence-electron chi connectivity index (χ1n) is 5.78. The summed E-state index contributed by atoms with van der Waals surface area (Å²) in [4.78, 5) is 11.1. The van der Waals surface area contributed by atoms with Gasteiger partial charge in [0.25, 0.3) is 0 Å². The fourth-order valence-electron chi connectivity index (χ4n) is 1.31. The summed E-state index contributed by atoms with van der Waals surface area (Å²) in [5.41, 5.74) is 0.886. The van der Waals surface area contributed by atoms with Crippen LogP contribution in [0.15, 0.2) is 14.1 Å². The van der Waals surface area contributed by atoms with Crippen molar-refractivity contribution < 1.29 is 17.9 Å². The molecule has 0 spiro atoms. The van der Waals surface area contributed by atoms with Crippen LogP contribution >= 0.6 is 27.3 Å². The molecule has 1 rings (SSSR count). The number of sulfonamides is 1. The number of aryl methyl sites for hydroxylation is 1. The van der Waals surface area contributed by atoms with E-state index in [9.17, 15) is 13.2 Å². The van der Waals surface area contributed by atoms with Gasteiger partial charge in [0.2, 0.25) is 10.0 Å². The normalized spacial score (nSPS) is 11.5. The minimum Gasteiger partial charge on any atom is -0.466 e. The number of hydrogen-bond acceptors (Lipinski definition) is 5. The molecule has 1 aromatic rings. The second kappa shape index (κ2) is 7.37. The average molecular weight is 370 g/mol. The highest BCUT2D eigenvalue weighted by Gasteiger charge is 2.17. The lowest BCUT2D eigenvalue weighted by molar-refractivity contribution is -0.143. The Kier molecular flexibility index (Phi) is 6.45. The van der Waals surface area contributed by atoms with Crippen molar-refractivity contribution in [1.82, 2.24) is 4.72 Å². The molecule has 0 unspecified atom stereocenters. The van der Waals surface area contributed by atoms with Gasteiger partial charge < -0.3 is 4.74 Å². The molecule has 0 saturated carbocycles. The molecule has 1 heterocycles. The van der Waals surface area contributed by atoms with E-state index in [2.05, 4.69) is 20.7 Å². The number of carbonyl (C=O) groups excluding carboxylic acids is 1. The Bertz CT molecular complexity index is 519. The summed E-state index contributed by atoms with van der Waals surface area (Å²) >= 11 is 4.46. The number of nitrogens with one attached hydrogen (secondary N) is 1. The van der Waals surface area contributed by atoms with Crippen LogP contribution in [0.25, 0.3) is 0 Å². The maximum Gasteiger partial charge on any atom is 0.305 e. The standard InChI is InChI=1S/C11H16BrNO4S2/c1-3-17-9(14)5-4-6-13-19(15,16)10-7-8(2)11(12)18-10/h7,13H,3-6H2,1-2H3. The third-order valence-corrected chi connectivity index (χ3v) is 6.33. The Balaban J connectivity index is 2.46. The highest BCUT2D eigenvalue weighted by molar-refractivity contribution is 9.11. The highest BCUT2D eigenvalue weighted by atomic mass is 79.9. The summed E-state index contributed by atoms with van der Waals surface area (Å²) in [5, 5.41) is 0. The summed E-state index contributed by atoms with van der Waals surface area (Å²) in [5.74, 6) is -0.309. The van der Waals surface area contributed by atoms with Gasteiger partial charge in [-0.1, -0.05) is 0 Å². The summed E-state index contributed by atoms with van der Waals surface area (Å²) < 4.78 is 32.2. The van der Waals surface area contributed by atoms with E-state index in [0.29, 0.717) is 13.0 Å². The van der Waals surface area contributed by atoms with Crippen LogP contribution in [0.5, 0.6) is 0 Å². The lowest BCUT2D eigenvalue weighted by atomic mass is 10.3. The molecule has 0 amide bonds. The average Bonchev–Trinajstić information content (AvgIpc) is 2.67. The van der Waals surface area contributed by atoms with Gasteiger partial charge in [0.15, 0.2) is 0 Å². The zero-order valence-electron chi connectivity index (χ0n) is 10.7. The topological polar surface area (TPSA) is 72.5 Å². The van der Waals surface area contributed by atoms with Gasteiger partial charge in [-0.05, 0) is 47.8 Å². The first-order chi connectivity index (χ1) is 8.86. The molecule has 0 aliphatic carbocycles. The number of ether oxygens (including phenoxy) is 1. The second-order valence-corrected chi connectivity index (χ2v) is 8.19. The molecule has 1 aromatic heterocycles. The SMILES string of the molecule is CCOC(=O)CCCNS(=O)(=O)c1cc(C)c(Br)s1. The number of esters is 1. The molecule has 108 valence electrons. The summed E-state index contributed by atoms with van der Waals surface area (Å²) in [6, 6.07) is 1.61. The molecule has 19 heavy (non-hydrogen) atoms. The third-order valence-electron chi connectivity index (χ3n) is 2.25. The molecular weight excluding hydrogens is 354 g/mol. The smallest absolute Gasteiger partial charge is 0.305 e. The number of carbonyl (C=O) groups is 1. The molecule has 0 aliphatic heterocycles.